The van der Waals surface area contributed by atoms with Gasteiger partial charge >= 0.3 is 0 Å². The molecule has 1 N–H and O–H groups in total. The molecule has 8 nitrogen and oxygen atoms in total. The highest BCUT2D eigenvalue weighted by atomic mass is 32.1. The molecule has 5 heterocycles. The molecule has 5 rings (SSSR count). The highest BCUT2D eigenvalue weighted by Crippen LogP contribution is 2.42. The summed E-state index contributed by atoms with van der Waals surface area (Å²) in [4.78, 5) is 37.5. The topological polar surface area (TPSA) is 83.4 Å². The van der Waals surface area contributed by atoms with E-state index in [9.17, 15) is 9.59 Å². The summed E-state index contributed by atoms with van der Waals surface area (Å²) in [6.07, 6.45) is 6.59. The zero-order valence-corrected chi connectivity index (χ0v) is 20.6. The van der Waals surface area contributed by atoms with E-state index in [1.165, 1.54) is 18.5 Å². The number of nitrogens with zero attached hydrogens (tertiary/aromatic N) is 5. The van der Waals surface area contributed by atoms with Gasteiger partial charge in [0.2, 0.25) is 11.8 Å². The molecule has 178 valence electrons. The van der Waals surface area contributed by atoms with Crippen LogP contribution in [0.25, 0.3) is 0 Å². The van der Waals surface area contributed by atoms with Crippen molar-refractivity contribution in [2.75, 3.05) is 13.1 Å². The van der Waals surface area contributed by atoms with Gasteiger partial charge < -0.3 is 14.8 Å². The third-order valence-electron chi connectivity index (χ3n) is 7.76. The van der Waals surface area contributed by atoms with E-state index in [0.29, 0.717) is 24.7 Å². The summed E-state index contributed by atoms with van der Waals surface area (Å²) in [6, 6.07) is 1.63. The molecule has 0 aromatic carbocycles. The zero-order chi connectivity index (χ0) is 23.1. The third-order valence-corrected chi connectivity index (χ3v) is 8.36. The van der Waals surface area contributed by atoms with E-state index in [1.54, 1.807) is 25.2 Å². The van der Waals surface area contributed by atoms with Gasteiger partial charge in [-0.2, -0.15) is 0 Å². The highest BCUT2D eigenvalue weighted by molar-refractivity contribution is 7.07. The molecule has 2 aromatic rings. The Morgan fingerprint density at radius 3 is 2.61 bits per heavy atom. The van der Waals surface area contributed by atoms with Crippen LogP contribution in [0.3, 0.4) is 0 Å². The number of fused-ring (bicyclic) bond motifs is 3. The van der Waals surface area contributed by atoms with Crippen LogP contribution >= 0.6 is 11.3 Å². The largest absolute Gasteiger partial charge is 0.348 e. The molecular formula is C24H34N6O2S. The van der Waals surface area contributed by atoms with Crippen LogP contribution in [0, 0.1) is 6.92 Å². The number of carbonyl (C=O) groups excluding carboxylic acids is 2. The fraction of sp³-hybridized carbons (Fsp3) is 0.667. The smallest absolute Gasteiger partial charge is 0.219 e. The Labute approximate surface area is 199 Å². The first-order valence-corrected chi connectivity index (χ1v) is 13.1. The molecular weight excluding hydrogens is 436 g/mol. The van der Waals surface area contributed by atoms with Crippen molar-refractivity contribution < 1.29 is 9.59 Å². The summed E-state index contributed by atoms with van der Waals surface area (Å²) < 4.78 is 2.50. The number of carbonyl (C=O) groups is 2. The zero-order valence-electron chi connectivity index (χ0n) is 19.8. The van der Waals surface area contributed by atoms with Crippen LogP contribution in [0.1, 0.15) is 80.9 Å². The molecule has 2 saturated heterocycles. The summed E-state index contributed by atoms with van der Waals surface area (Å²) in [6.45, 7) is 7.77. The van der Waals surface area contributed by atoms with Gasteiger partial charge in [-0.05, 0) is 39.0 Å². The second-order valence-corrected chi connectivity index (χ2v) is 10.5. The van der Waals surface area contributed by atoms with Crippen LogP contribution in [-0.2, 0) is 22.6 Å². The monoisotopic (exact) mass is 470 g/mol. The Hall–Kier alpha value is -2.26. The number of aromatic nitrogens is 3. The van der Waals surface area contributed by atoms with E-state index < -0.39 is 0 Å². The Morgan fingerprint density at radius 1 is 1.21 bits per heavy atom. The number of thiazole rings is 1. The summed E-state index contributed by atoms with van der Waals surface area (Å²) in [7, 11) is 0. The Morgan fingerprint density at radius 2 is 1.97 bits per heavy atom. The molecule has 2 aromatic heterocycles. The number of amides is 2. The lowest BCUT2D eigenvalue weighted by atomic mass is 9.95. The number of hydrogen-bond acceptors (Lipinski definition) is 6. The van der Waals surface area contributed by atoms with Crippen molar-refractivity contribution in [3.8, 4) is 0 Å². The van der Waals surface area contributed by atoms with Crippen LogP contribution < -0.4 is 5.32 Å². The van der Waals surface area contributed by atoms with E-state index in [2.05, 4.69) is 26.7 Å². The minimum atomic E-state index is -0.0157. The highest BCUT2D eigenvalue weighted by Gasteiger charge is 2.42. The molecule has 2 amide bonds. The van der Waals surface area contributed by atoms with Gasteiger partial charge in [-0.15, -0.1) is 11.3 Å². The van der Waals surface area contributed by atoms with Gasteiger partial charge in [-0.1, -0.05) is 0 Å². The quantitative estimate of drug-likeness (QED) is 0.702. The second kappa shape index (κ2) is 9.18. The summed E-state index contributed by atoms with van der Waals surface area (Å²) in [5.74, 6) is 1.23. The van der Waals surface area contributed by atoms with Crippen molar-refractivity contribution >= 4 is 23.2 Å². The molecule has 0 saturated carbocycles. The Kier molecular flexibility index (Phi) is 6.26. The molecule has 9 heteroatoms. The van der Waals surface area contributed by atoms with E-state index in [-0.39, 0.29) is 17.9 Å². The second-order valence-electron chi connectivity index (χ2n) is 9.82. The molecule has 3 aliphatic rings. The average molecular weight is 471 g/mol. The Bertz CT molecular complexity index is 1000. The number of piperidine rings is 1. The molecule has 2 bridgehead atoms. The average Bonchev–Trinajstić information content (AvgIpc) is 3.46. The number of aryl methyl sites for hydroxylation is 1. The number of imidazole rings is 1. The van der Waals surface area contributed by atoms with Crippen molar-refractivity contribution in [2.24, 2.45) is 0 Å². The summed E-state index contributed by atoms with van der Waals surface area (Å²) in [5, 5.41) is 5.14. The lowest BCUT2D eigenvalue weighted by Gasteiger charge is -2.41. The predicted octanol–water partition coefficient (Wildman–Crippen LogP) is 2.99. The van der Waals surface area contributed by atoms with E-state index in [1.807, 2.05) is 15.8 Å². The third kappa shape index (κ3) is 4.45. The minimum Gasteiger partial charge on any atom is -0.348 e. The first-order valence-electron chi connectivity index (χ1n) is 12.1. The van der Waals surface area contributed by atoms with Crippen LogP contribution in [0.5, 0.6) is 0 Å². The van der Waals surface area contributed by atoms with Crippen molar-refractivity contribution in [2.45, 2.75) is 90.0 Å². The molecule has 0 radical (unpaired) electrons. The molecule has 2 fully saturated rings. The van der Waals surface area contributed by atoms with Gasteiger partial charge in [0.25, 0.3) is 0 Å². The minimum absolute atomic E-state index is 0.00150. The van der Waals surface area contributed by atoms with E-state index in [4.69, 9.17) is 4.98 Å². The van der Waals surface area contributed by atoms with Crippen molar-refractivity contribution in [3.05, 3.63) is 33.8 Å². The van der Waals surface area contributed by atoms with Crippen molar-refractivity contribution in [1.29, 1.82) is 0 Å². The molecule has 0 aliphatic carbocycles. The van der Waals surface area contributed by atoms with Crippen molar-refractivity contribution in [3.63, 3.8) is 0 Å². The lowest BCUT2D eigenvalue weighted by Crippen LogP contribution is -2.45. The van der Waals surface area contributed by atoms with Crippen LogP contribution in [0.4, 0.5) is 0 Å². The van der Waals surface area contributed by atoms with Crippen LogP contribution in [0.2, 0.25) is 0 Å². The summed E-state index contributed by atoms with van der Waals surface area (Å²) in [5.41, 5.74) is 5.24. The first kappa shape index (κ1) is 22.5. The van der Waals surface area contributed by atoms with Crippen LogP contribution in [0.15, 0.2) is 10.9 Å². The normalized spacial score (nSPS) is 25.7. The summed E-state index contributed by atoms with van der Waals surface area (Å²) >= 11 is 1.58. The van der Waals surface area contributed by atoms with Gasteiger partial charge in [-0.3, -0.25) is 14.5 Å². The predicted molar refractivity (Wildman–Crippen MR) is 127 cm³/mol. The van der Waals surface area contributed by atoms with Crippen molar-refractivity contribution in [1.82, 2.24) is 29.7 Å². The maximum Gasteiger partial charge on any atom is 0.219 e. The fourth-order valence-corrected chi connectivity index (χ4v) is 6.93. The lowest BCUT2D eigenvalue weighted by molar-refractivity contribution is -0.129. The molecule has 3 atom stereocenters. The number of rotatable bonds is 6. The van der Waals surface area contributed by atoms with Gasteiger partial charge in [0.05, 0.1) is 29.5 Å². The number of nitrogens with one attached hydrogen (secondary N) is 1. The van der Waals surface area contributed by atoms with Gasteiger partial charge in [0.15, 0.2) is 0 Å². The maximum atomic E-state index is 11.8. The first-order chi connectivity index (χ1) is 15.9. The standard InChI is InChI=1S/C24H34N6O2S/c1-15-26-22-12-28(17(3)32)8-7-24(22)30(15)20-10-18-4-5-19(11-20)29(18)9-6-21(27-16(2)31)23-13-33-14-25-23/h13-14,18-21H,4-12H2,1-3H3,(H,27,31)/t18?,19?,20?,21-/m0/s1. The van der Waals surface area contributed by atoms with Gasteiger partial charge in [0, 0.05) is 62.6 Å². The molecule has 3 aliphatic heterocycles. The fourth-order valence-electron chi connectivity index (χ4n) is 6.33. The maximum absolute atomic E-state index is 11.8. The van der Waals surface area contributed by atoms with Gasteiger partial charge in [0.1, 0.15) is 5.82 Å². The van der Waals surface area contributed by atoms with E-state index >= 15 is 0 Å². The van der Waals surface area contributed by atoms with Gasteiger partial charge in [-0.25, -0.2) is 9.97 Å². The Balaban J connectivity index is 1.27. The molecule has 33 heavy (non-hydrogen) atoms. The molecule has 2 unspecified atom stereocenters. The van der Waals surface area contributed by atoms with Crippen LogP contribution in [-0.4, -0.2) is 61.3 Å². The SMILES string of the molecule is CC(=O)N[C@@H](CCN1C2CCC1CC(n1c(C)nc3c1CCN(C(C)=O)C3)C2)c1cscn1. The van der Waals surface area contributed by atoms with E-state index in [0.717, 1.165) is 56.0 Å². The molecule has 0 spiro atoms. The number of hydrogen-bond donors (Lipinski definition) is 1.